The van der Waals surface area contributed by atoms with E-state index in [1.54, 1.807) is 25.1 Å². The van der Waals surface area contributed by atoms with E-state index in [1.807, 2.05) is 6.07 Å². The molecule has 5 heteroatoms. The molecule has 4 nitrogen and oxygen atoms in total. The van der Waals surface area contributed by atoms with Crippen molar-refractivity contribution in [1.29, 1.82) is 5.26 Å². The van der Waals surface area contributed by atoms with E-state index in [2.05, 4.69) is 0 Å². The molecular weight excluding hydrogens is 278 g/mol. The van der Waals surface area contributed by atoms with Crippen molar-refractivity contribution >= 4 is 17.6 Å². The molecule has 0 aliphatic heterocycles. The predicted molar refractivity (Wildman–Crippen MR) is 74.4 cm³/mol. The van der Waals surface area contributed by atoms with Crippen LogP contribution in [0.25, 0.3) is 0 Å². The number of rotatable bonds is 3. The minimum absolute atomic E-state index is 0.195. The van der Waals surface area contributed by atoms with E-state index < -0.39 is 5.97 Å². The van der Waals surface area contributed by atoms with Gasteiger partial charge in [-0.2, -0.15) is 5.26 Å². The Morgan fingerprint density at radius 2 is 1.95 bits per heavy atom. The van der Waals surface area contributed by atoms with Crippen LogP contribution in [0.1, 0.15) is 21.5 Å². The molecule has 0 radical (unpaired) electrons. The number of ether oxygens (including phenoxy) is 1. The third-order valence-electron chi connectivity index (χ3n) is 2.70. The molecule has 0 aliphatic rings. The number of carboxylic acids is 1. The molecule has 0 spiro atoms. The Morgan fingerprint density at radius 1 is 1.25 bits per heavy atom. The van der Waals surface area contributed by atoms with Gasteiger partial charge in [-0.05, 0) is 48.9 Å². The van der Waals surface area contributed by atoms with Crippen LogP contribution in [0.5, 0.6) is 11.5 Å². The van der Waals surface area contributed by atoms with Crippen LogP contribution in [0.2, 0.25) is 5.02 Å². The highest BCUT2D eigenvalue weighted by Crippen LogP contribution is 2.32. The third-order valence-corrected chi connectivity index (χ3v) is 3.00. The number of benzene rings is 2. The average Bonchev–Trinajstić information content (AvgIpc) is 2.42. The topological polar surface area (TPSA) is 70.3 Å². The summed E-state index contributed by atoms with van der Waals surface area (Å²) < 4.78 is 5.64. The lowest BCUT2D eigenvalue weighted by molar-refractivity contribution is 0.0697. The second-order valence-electron chi connectivity index (χ2n) is 4.14. The number of aromatic carboxylic acids is 1. The average molecular weight is 288 g/mol. The van der Waals surface area contributed by atoms with Gasteiger partial charge in [0.2, 0.25) is 0 Å². The van der Waals surface area contributed by atoms with E-state index in [1.165, 1.54) is 18.2 Å². The third kappa shape index (κ3) is 2.90. The van der Waals surface area contributed by atoms with Gasteiger partial charge >= 0.3 is 5.97 Å². The lowest BCUT2D eigenvalue weighted by atomic mass is 10.1. The van der Waals surface area contributed by atoms with Crippen molar-refractivity contribution in [2.75, 3.05) is 0 Å². The summed E-state index contributed by atoms with van der Waals surface area (Å²) in [6.45, 7) is 1.75. The molecule has 0 saturated carbocycles. The van der Waals surface area contributed by atoms with E-state index in [0.717, 1.165) is 0 Å². The Balaban J connectivity index is 2.31. The first-order valence-electron chi connectivity index (χ1n) is 5.72. The maximum absolute atomic E-state index is 10.9. The summed E-state index contributed by atoms with van der Waals surface area (Å²) in [5, 5.41) is 18.0. The van der Waals surface area contributed by atoms with Gasteiger partial charge in [-0.1, -0.05) is 11.6 Å². The van der Waals surface area contributed by atoms with Crippen LogP contribution < -0.4 is 4.74 Å². The van der Waals surface area contributed by atoms with Crippen LogP contribution in [0.15, 0.2) is 36.4 Å². The minimum atomic E-state index is -0.990. The molecular formula is C15H10ClNO3. The van der Waals surface area contributed by atoms with Gasteiger partial charge < -0.3 is 9.84 Å². The van der Waals surface area contributed by atoms with Gasteiger partial charge in [0.15, 0.2) is 0 Å². The number of halogens is 1. The van der Waals surface area contributed by atoms with Gasteiger partial charge in [0, 0.05) is 0 Å². The zero-order valence-electron chi connectivity index (χ0n) is 10.6. The Labute approximate surface area is 120 Å². The Morgan fingerprint density at radius 3 is 2.50 bits per heavy atom. The van der Waals surface area contributed by atoms with Gasteiger partial charge in [0.1, 0.15) is 11.5 Å². The Hall–Kier alpha value is -2.51. The first-order valence-corrected chi connectivity index (χ1v) is 6.10. The molecule has 1 N–H and O–H groups in total. The molecule has 0 atom stereocenters. The van der Waals surface area contributed by atoms with E-state index in [4.69, 9.17) is 26.7 Å². The maximum Gasteiger partial charge on any atom is 0.335 e. The molecule has 20 heavy (non-hydrogen) atoms. The Kier molecular flexibility index (Phi) is 3.92. The van der Waals surface area contributed by atoms with E-state index in [9.17, 15) is 4.79 Å². The first kappa shape index (κ1) is 13.9. The predicted octanol–water partition coefficient (Wildman–Crippen LogP) is 4.01. The first-order chi connectivity index (χ1) is 9.51. The summed E-state index contributed by atoms with van der Waals surface area (Å²) in [7, 11) is 0. The smallest absolute Gasteiger partial charge is 0.335 e. The highest BCUT2D eigenvalue weighted by molar-refractivity contribution is 6.32. The van der Waals surface area contributed by atoms with Crippen molar-refractivity contribution in [3.8, 4) is 17.6 Å². The summed E-state index contributed by atoms with van der Waals surface area (Å²) >= 11 is 6.02. The number of carboxylic acid groups (broad SMARTS) is 1. The zero-order valence-corrected chi connectivity index (χ0v) is 11.3. The quantitative estimate of drug-likeness (QED) is 0.926. The number of hydrogen-bond donors (Lipinski definition) is 1. The van der Waals surface area contributed by atoms with Crippen molar-refractivity contribution in [3.63, 3.8) is 0 Å². The molecule has 2 aromatic rings. The maximum atomic E-state index is 10.9. The van der Waals surface area contributed by atoms with Crippen LogP contribution in [-0.2, 0) is 0 Å². The van der Waals surface area contributed by atoms with Crippen molar-refractivity contribution in [3.05, 3.63) is 58.1 Å². The van der Waals surface area contributed by atoms with E-state index in [0.29, 0.717) is 27.6 Å². The standard InChI is InChI=1S/C15H10ClNO3/c1-9-6-11(15(18)19)3-5-13(9)20-14-4-2-10(8-17)7-12(14)16/h2-7H,1H3,(H,18,19). The van der Waals surface area contributed by atoms with Crippen LogP contribution in [0.3, 0.4) is 0 Å². The molecule has 0 saturated heterocycles. The van der Waals surface area contributed by atoms with Gasteiger partial charge in [-0.3, -0.25) is 0 Å². The fraction of sp³-hybridized carbons (Fsp3) is 0.0667. The summed E-state index contributed by atoms with van der Waals surface area (Å²) in [5.74, 6) is -0.0606. The molecule has 2 aromatic carbocycles. The minimum Gasteiger partial charge on any atom is -0.478 e. The van der Waals surface area contributed by atoms with Gasteiger partial charge in [-0.25, -0.2) is 4.79 Å². The lowest BCUT2D eigenvalue weighted by Crippen LogP contribution is -1.97. The molecule has 0 unspecified atom stereocenters. The number of carbonyl (C=O) groups is 1. The lowest BCUT2D eigenvalue weighted by Gasteiger charge is -2.10. The van der Waals surface area contributed by atoms with Crippen LogP contribution in [0.4, 0.5) is 0 Å². The fourth-order valence-electron chi connectivity index (χ4n) is 1.67. The van der Waals surface area contributed by atoms with Crippen molar-refractivity contribution in [2.24, 2.45) is 0 Å². The fourth-order valence-corrected chi connectivity index (χ4v) is 1.89. The molecule has 0 fully saturated rings. The molecule has 100 valence electrons. The van der Waals surface area contributed by atoms with Crippen LogP contribution in [0, 0.1) is 18.3 Å². The molecule has 0 heterocycles. The molecule has 0 bridgehead atoms. The highest BCUT2D eigenvalue weighted by atomic mass is 35.5. The summed E-state index contributed by atoms with van der Waals surface area (Å²) in [4.78, 5) is 10.9. The molecule has 0 aliphatic carbocycles. The number of aryl methyl sites for hydroxylation is 1. The SMILES string of the molecule is Cc1cc(C(=O)O)ccc1Oc1ccc(C#N)cc1Cl. The normalized spacial score (nSPS) is 9.85. The van der Waals surface area contributed by atoms with Crippen molar-refractivity contribution in [1.82, 2.24) is 0 Å². The molecule has 0 amide bonds. The second-order valence-corrected chi connectivity index (χ2v) is 4.55. The van der Waals surface area contributed by atoms with Crippen LogP contribution in [-0.4, -0.2) is 11.1 Å². The van der Waals surface area contributed by atoms with Crippen molar-refractivity contribution < 1.29 is 14.6 Å². The number of nitrogens with zero attached hydrogens (tertiary/aromatic N) is 1. The number of nitriles is 1. The monoisotopic (exact) mass is 287 g/mol. The van der Waals surface area contributed by atoms with E-state index in [-0.39, 0.29) is 5.56 Å². The summed E-state index contributed by atoms with van der Waals surface area (Å²) in [5.41, 5.74) is 1.33. The van der Waals surface area contributed by atoms with Gasteiger partial charge in [-0.15, -0.1) is 0 Å². The summed E-state index contributed by atoms with van der Waals surface area (Å²) in [6.07, 6.45) is 0. The molecule has 2 rings (SSSR count). The largest absolute Gasteiger partial charge is 0.478 e. The highest BCUT2D eigenvalue weighted by Gasteiger charge is 2.09. The van der Waals surface area contributed by atoms with Crippen molar-refractivity contribution in [2.45, 2.75) is 6.92 Å². The Bertz CT molecular complexity index is 720. The van der Waals surface area contributed by atoms with Gasteiger partial charge in [0.25, 0.3) is 0 Å². The second kappa shape index (κ2) is 5.64. The van der Waals surface area contributed by atoms with Gasteiger partial charge in [0.05, 0.1) is 22.2 Å². The van der Waals surface area contributed by atoms with E-state index >= 15 is 0 Å². The zero-order chi connectivity index (χ0) is 14.7. The van der Waals surface area contributed by atoms with Crippen LogP contribution >= 0.6 is 11.6 Å². The number of hydrogen-bond acceptors (Lipinski definition) is 3. The summed E-state index contributed by atoms with van der Waals surface area (Å²) in [6, 6.07) is 11.3. The molecule has 0 aromatic heterocycles.